The van der Waals surface area contributed by atoms with Gasteiger partial charge in [0.1, 0.15) is 11.6 Å². The van der Waals surface area contributed by atoms with Crippen LogP contribution in [0.1, 0.15) is 39.2 Å². The second-order valence-electron chi connectivity index (χ2n) is 5.19. The van der Waals surface area contributed by atoms with Crippen LogP contribution in [0.2, 0.25) is 0 Å². The van der Waals surface area contributed by atoms with E-state index in [0.29, 0.717) is 12.2 Å². The Kier molecular flexibility index (Phi) is 4.49. The smallest absolute Gasteiger partial charge is 0.141 e. The van der Waals surface area contributed by atoms with Crippen LogP contribution in [0.5, 0.6) is 0 Å². The Morgan fingerprint density at radius 1 is 1.35 bits per heavy atom. The maximum atomic E-state index is 5.90. The van der Waals surface area contributed by atoms with Gasteiger partial charge in [-0.15, -0.1) is 0 Å². The number of hydrogen-bond acceptors (Lipinski definition) is 4. The maximum Gasteiger partial charge on any atom is 0.141 e. The highest BCUT2D eigenvalue weighted by atomic mass is 79.9. The molecule has 0 aliphatic carbocycles. The molecule has 4 nitrogen and oxygen atoms in total. The molecule has 96 valence electrons. The van der Waals surface area contributed by atoms with Crippen molar-refractivity contribution in [2.24, 2.45) is 0 Å². The summed E-state index contributed by atoms with van der Waals surface area (Å²) in [7, 11) is 1.68. The number of halogens is 1. The molecule has 5 heteroatoms. The monoisotopic (exact) mass is 301 g/mol. The number of aromatic nitrogens is 2. The van der Waals surface area contributed by atoms with Crippen LogP contribution in [-0.4, -0.2) is 23.2 Å². The van der Waals surface area contributed by atoms with E-state index in [1.54, 1.807) is 7.11 Å². The molecule has 0 saturated heterocycles. The van der Waals surface area contributed by atoms with E-state index in [1.165, 1.54) is 0 Å². The third-order valence-corrected chi connectivity index (χ3v) is 3.29. The van der Waals surface area contributed by atoms with Gasteiger partial charge in [-0.1, -0.05) is 20.8 Å². The summed E-state index contributed by atoms with van der Waals surface area (Å²) < 4.78 is 6.01. The standard InChI is InChI=1S/C12H20BrN3O/c1-7(17-5)6-8-15-10(12(2,3)4)9(13)11(14)16-8/h7H,6H2,1-5H3,(H2,14,15,16). The molecule has 0 saturated carbocycles. The van der Waals surface area contributed by atoms with Gasteiger partial charge >= 0.3 is 0 Å². The number of nitrogens with two attached hydrogens (primary N) is 1. The maximum absolute atomic E-state index is 5.90. The Balaban J connectivity index is 3.15. The first-order valence-corrected chi connectivity index (χ1v) is 6.40. The number of nitrogen functional groups attached to an aromatic ring is 1. The minimum Gasteiger partial charge on any atom is -0.383 e. The van der Waals surface area contributed by atoms with E-state index >= 15 is 0 Å². The molecule has 0 bridgehead atoms. The molecule has 1 rings (SSSR count). The van der Waals surface area contributed by atoms with Gasteiger partial charge in [0.25, 0.3) is 0 Å². The van der Waals surface area contributed by atoms with Crippen LogP contribution < -0.4 is 5.73 Å². The number of ether oxygens (including phenoxy) is 1. The summed E-state index contributed by atoms with van der Waals surface area (Å²) in [5.41, 5.74) is 6.76. The topological polar surface area (TPSA) is 61.0 Å². The van der Waals surface area contributed by atoms with Crippen LogP contribution in [-0.2, 0) is 16.6 Å². The fourth-order valence-electron chi connectivity index (χ4n) is 1.44. The van der Waals surface area contributed by atoms with Crippen molar-refractivity contribution in [2.45, 2.75) is 45.6 Å². The molecule has 1 aromatic heterocycles. The minimum absolute atomic E-state index is 0.0685. The van der Waals surface area contributed by atoms with Crippen LogP contribution in [0.3, 0.4) is 0 Å². The van der Waals surface area contributed by atoms with E-state index in [9.17, 15) is 0 Å². The predicted molar refractivity (Wildman–Crippen MR) is 73.0 cm³/mol. The Labute approximate surface area is 111 Å². The Hall–Kier alpha value is -0.680. The quantitative estimate of drug-likeness (QED) is 0.932. The van der Waals surface area contributed by atoms with E-state index < -0.39 is 0 Å². The fourth-order valence-corrected chi connectivity index (χ4v) is 2.21. The zero-order valence-corrected chi connectivity index (χ0v) is 12.6. The van der Waals surface area contributed by atoms with Crippen LogP contribution in [0.25, 0.3) is 0 Å². The summed E-state index contributed by atoms with van der Waals surface area (Å²) in [6.07, 6.45) is 0.750. The molecular formula is C12H20BrN3O. The normalized spacial score (nSPS) is 13.8. The molecule has 0 aromatic carbocycles. The predicted octanol–water partition coefficient (Wildman–Crippen LogP) is 2.70. The lowest BCUT2D eigenvalue weighted by Crippen LogP contribution is -2.20. The van der Waals surface area contributed by atoms with Gasteiger partial charge in [-0.3, -0.25) is 0 Å². The second kappa shape index (κ2) is 5.31. The van der Waals surface area contributed by atoms with Crippen LogP contribution in [0, 0.1) is 0 Å². The van der Waals surface area contributed by atoms with E-state index in [2.05, 4.69) is 46.7 Å². The van der Waals surface area contributed by atoms with Gasteiger partial charge in [-0.2, -0.15) is 0 Å². The average molecular weight is 302 g/mol. The molecule has 0 aliphatic rings. The fraction of sp³-hybridized carbons (Fsp3) is 0.667. The van der Waals surface area contributed by atoms with Crippen molar-refractivity contribution in [2.75, 3.05) is 12.8 Å². The number of rotatable bonds is 3. The van der Waals surface area contributed by atoms with E-state index in [4.69, 9.17) is 10.5 Å². The molecule has 1 heterocycles. The molecular weight excluding hydrogens is 282 g/mol. The van der Waals surface area contributed by atoms with E-state index in [1.807, 2.05) is 6.92 Å². The molecule has 0 fully saturated rings. The van der Waals surface area contributed by atoms with Crippen molar-refractivity contribution in [1.82, 2.24) is 9.97 Å². The first-order valence-electron chi connectivity index (χ1n) is 5.61. The minimum atomic E-state index is -0.0685. The van der Waals surface area contributed by atoms with Crippen LogP contribution >= 0.6 is 15.9 Å². The molecule has 1 atom stereocenters. The molecule has 0 aliphatic heterocycles. The lowest BCUT2D eigenvalue weighted by atomic mass is 9.92. The van der Waals surface area contributed by atoms with Gasteiger partial charge in [0.15, 0.2) is 0 Å². The van der Waals surface area contributed by atoms with Gasteiger partial charge in [-0.25, -0.2) is 9.97 Å². The summed E-state index contributed by atoms with van der Waals surface area (Å²) in [5, 5.41) is 0. The van der Waals surface area contributed by atoms with Gasteiger partial charge in [-0.05, 0) is 22.9 Å². The molecule has 1 unspecified atom stereocenters. The molecule has 0 spiro atoms. The zero-order valence-electron chi connectivity index (χ0n) is 11.0. The van der Waals surface area contributed by atoms with Gasteiger partial charge in [0, 0.05) is 18.9 Å². The van der Waals surface area contributed by atoms with Crippen molar-refractivity contribution >= 4 is 21.7 Å². The van der Waals surface area contributed by atoms with Gasteiger partial charge < -0.3 is 10.5 Å². The molecule has 0 amide bonds. The van der Waals surface area contributed by atoms with Crippen molar-refractivity contribution in [1.29, 1.82) is 0 Å². The summed E-state index contributed by atoms with van der Waals surface area (Å²) in [6.45, 7) is 8.29. The van der Waals surface area contributed by atoms with E-state index in [0.717, 1.165) is 16.0 Å². The number of nitrogens with zero attached hydrogens (tertiary/aromatic N) is 2. The van der Waals surface area contributed by atoms with Crippen molar-refractivity contribution < 1.29 is 4.74 Å². The van der Waals surface area contributed by atoms with Gasteiger partial charge in [0.2, 0.25) is 0 Å². The SMILES string of the molecule is COC(C)Cc1nc(N)c(Br)c(C(C)(C)C)n1. The van der Waals surface area contributed by atoms with Crippen LogP contribution in [0.15, 0.2) is 4.47 Å². The Bertz CT molecular complexity index is 401. The largest absolute Gasteiger partial charge is 0.383 e. The van der Waals surface area contributed by atoms with Gasteiger partial charge in [0.05, 0.1) is 16.3 Å². The number of anilines is 1. The Morgan fingerprint density at radius 3 is 2.41 bits per heavy atom. The third kappa shape index (κ3) is 3.64. The molecule has 17 heavy (non-hydrogen) atoms. The Morgan fingerprint density at radius 2 is 1.94 bits per heavy atom. The van der Waals surface area contributed by atoms with Crippen LogP contribution in [0.4, 0.5) is 5.82 Å². The second-order valence-corrected chi connectivity index (χ2v) is 5.98. The zero-order chi connectivity index (χ0) is 13.2. The highest BCUT2D eigenvalue weighted by Crippen LogP contribution is 2.31. The number of methoxy groups -OCH3 is 1. The van der Waals surface area contributed by atoms with E-state index in [-0.39, 0.29) is 11.5 Å². The molecule has 2 N–H and O–H groups in total. The first kappa shape index (κ1) is 14.4. The summed E-state index contributed by atoms with van der Waals surface area (Å²) in [5.74, 6) is 1.22. The summed E-state index contributed by atoms with van der Waals surface area (Å²) in [6, 6.07) is 0. The summed E-state index contributed by atoms with van der Waals surface area (Å²) >= 11 is 3.45. The first-order chi connectivity index (χ1) is 7.75. The average Bonchev–Trinajstić information content (AvgIpc) is 2.21. The third-order valence-electron chi connectivity index (χ3n) is 2.51. The highest BCUT2D eigenvalue weighted by molar-refractivity contribution is 9.10. The van der Waals surface area contributed by atoms with Crippen molar-refractivity contribution in [3.8, 4) is 0 Å². The molecule has 1 aromatic rings. The summed E-state index contributed by atoms with van der Waals surface area (Å²) in [4.78, 5) is 8.85. The highest BCUT2D eigenvalue weighted by Gasteiger charge is 2.22. The number of hydrogen-bond donors (Lipinski definition) is 1. The molecule has 0 radical (unpaired) electrons. The van der Waals surface area contributed by atoms with Crippen molar-refractivity contribution in [3.05, 3.63) is 16.0 Å². The lowest BCUT2D eigenvalue weighted by molar-refractivity contribution is 0.117. The van der Waals surface area contributed by atoms with Crippen molar-refractivity contribution in [3.63, 3.8) is 0 Å². The lowest BCUT2D eigenvalue weighted by Gasteiger charge is -2.21.